The normalized spacial score (nSPS) is 17.3. The van der Waals surface area contributed by atoms with Crippen LogP contribution in [0, 0.1) is 6.92 Å². The van der Waals surface area contributed by atoms with Crippen LogP contribution in [-0.4, -0.2) is 54.5 Å². The summed E-state index contributed by atoms with van der Waals surface area (Å²) < 4.78 is 15.8. The Labute approximate surface area is 192 Å². The van der Waals surface area contributed by atoms with Gasteiger partial charge in [-0.05, 0) is 55.3 Å². The van der Waals surface area contributed by atoms with Crippen molar-refractivity contribution in [3.05, 3.63) is 64.7 Å². The van der Waals surface area contributed by atoms with Crippen LogP contribution < -0.4 is 9.47 Å². The molecule has 3 rings (SSSR count). The molecule has 0 aliphatic carbocycles. The summed E-state index contributed by atoms with van der Waals surface area (Å²) in [6.07, 6.45) is 0. The molecule has 0 bridgehead atoms. The monoisotopic (exact) mass is 453 g/mol. The van der Waals surface area contributed by atoms with Gasteiger partial charge in [-0.1, -0.05) is 12.1 Å². The highest BCUT2D eigenvalue weighted by Gasteiger charge is 2.46. The summed E-state index contributed by atoms with van der Waals surface area (Å²) in [5, 5.41) is 11.2. The Morgan fingerprint density at radius 1 is 1.15 bits per heavy atom. The molecule has 1 N–H and O–H groups in total. The van der Waals surface area contributed by atoms with Crippen molar-refractivity contribution < 1.29 is 33.7 Å². The molecule has 1 saturated heterocycles. The Kier molecular flexibility index (Phi) is 7.50. The van der Waals surface area contributed by atoms with Crippen LogP contribution >= 0.6 is 0 Å². The lowest BCUT2D eigenvalue weighted by atomic mass is 9.94. The molecule has 1 amide bonds. The average Bonchev–Trinajstić information content (AvgIpc) is 3.03. The standard InChI is InChI=1S/C25H27NO7/c1-5-32-20-10-9-18(13-15(20)2)23(28)21-22(26(11-12-31-4)25(30)24(21)29)17-7-6-8-19(14-17)33-16(3)27/h6-10,13-14,22,28H,5,11-12H2,1-4H3/b23-21+. The van der Waals surface area contributed by atoms with E-state index in [4.69, 9.17) is 14.2 Å². The van der Waals surface area contributed by atoms with Gasteiger partial charge in [0.05, 0.1) is 24.8 Å². The quantitative estimate of drug-likeness (QED) is 0.215. The number of methoxy groups -OCH3 is 1. The Balaban J connectivity index is 2.14. The van der Waals surface area contributed by atoms with Gasteiger partial charge >= 0.3 is 5.97 Å². The van der Waals surface area contributed by atoms with Crippen LogP contribution in [0.5, 0.6) is 11.5 Å². The Bertz CT molecular complexity index is 1110. The van der Waals surface area contributed by atoms with Gasteiger partial charge in [-0.25, -0.2) is 0 Å². The fourth-order valence-corrected chi connectivity index (χ4v) is 3.83. The summed E-state index contributed by atoms with van der Waals surface area (Å²) >= 11 is 0. The first-order chi connectivity index (χ1) is 15.8. The molecule has 8 heteroatoms. The van der Waals surface area contributed by atoms with E-state index in [0.717, 1.165) is 5.56 Å². The van der Waals surface area contributed by atoms with Crippen LogP contribution in [0.3, 0.4) is 0 Å². The van der Waals surface area contributed by atoms with Crippen molar-refractivity contribution in [3.63, 3.8) is 0 Å². The minimum absolute atomic E-state index is 0.0420. The van der Waals surface area contributed by atoms with Crippen LogP contribution in [-0.2, 0) is 19.1 Å². The number of likely N-dealkylation sites (tertiary alicyclic amines) is 1. The predicted molar refractivity (Wildman–Crippen MR) is 121 cm³/mol. The van der Waals surface area contributed by atoms with E-state index in [1.54, 1.807) is 42.5 Å². The molecule has 8 nitrogen and oxygen atoms in total. The van der Waals surface area contributed by atoms with Gasteiger partial charge < -0.3 is 24.2 Å². The number of amides is 1. The Morgan fingerprint density at radius 3 is 2.55 bits per heavy atom. The average molecular weight is 453 g/mol. The van der Waals surface area contributed by atoms with Crippen LogP contribution in [0.4, 0.5) is 0 Å². The molecule has 0 aromatic heterocycles. The maximum Gasteiger partial charge on any atom is 0.308 e. The zero-order chi connectivity index (χ0) is 24.1. The van der Waals surface area contributed by atoms with E-state index in [2.05, 4.69) is 0 Å². The number of benzene rings is 2. The first-order valence-electron chi connectivity index (χ1n) is 10.6. The maximum absolute atomic E-state index is 13.0. The van der Waals surface area contributed by atoms with Crippen LogP contribution in [0.2, 0.25) is 0 Å². The van der Waals surface area contributed by atoms with E-state index in [9.17, 15) is 19.5 Å². The number of hydrogen-bond donors (Lipinski definition) is 1. The number of aryl methyl sites for hydroxylation is 1. The molecule has 0 saturated carbocycles. The summed E-state index contributed by atoms with van der Waals surface area (Å²) in [5.74, 6) is -1.38. The molecule has 0 radical (unpaired) electrons. The lowest BCUT2D eigenvalue weighted by molar-refractivity contribution is -0.140. The third-order valence-electron chi connectivity index (χ3n) is 5.26. The van der Waals surface area contributed by atoms with Crippen molar-refractivity contribution in [2.45, 2.75) is 26.8 Å². The van der Waals surface area contributed by atoms with Gasteiger partial charge in [0.15, 0.2) is 0 Å². The lowest BCUT2D eigenvalue weighted by Crippen LogP contribution is -2.32. The molecule has 1 unspecified atom stereocenters. The van der Waals surface area contributed by atoms with Gasteiger partial charge in [-0.3, -0.25) is 14.4 Å². The molecule has 1 atom stereocenters. The zero-order valence-electron chi connectivity index (χ0n) is 19.1. The summed E-state index contributed by atoms with van der Waals surface area (Å²) in [6, 6.07) is 10.7. The lowest BCUT2D eigenvalue weighted by Gasteiger charge is -2.25. The van der Waals surface area contributed by atoms with Crippen molar-refractivity contribution in [1.29, 1.82) is 0 Å². The maximum atomic E-state index is 13.0. The third kappa shape index (κ3) is 5.06. The summed E-state index contributed by atoms with van der Waals surface area (Å²) in [6.45, 7) is 5.83. The zero-order valence-corrected chi connectivity index (χ0v) is 19.1. The van der Waals surface area contributed by atoms with E-state index >= 15 is 0 Å². The molecule has 1 fully saturated rings. The van der Waals surface area contributed by atoms with Crippen LogP contribution in [0.25, 0.3) is 5.76 Å². The molecule has 1 heterocycles. The number of nitrogens with zero attached hydrogens (tertiary/aromatic N) is 1. The number of esters is 1. The Hall–Kier alpha value is -3.65. The minimum Gasteiger partial charge on any atom is -0.507 e. The molecule has 2 aromatic carbocycles. The first kappa shape index (κ1) is 24.0. The predicted octanol–water partition coefficient (Wildman–Crippen LogP) is 3.39. The second-order valence-electron chi connectivity index (χ2n) is 7.56. The minimum atomic E-state index is -0.873. The highest BCUT2D eigenvalue weighted by atomic mass is 16.5. The Morgan fingerprint density at radius 2 is 1.91 bits per heavy atom. The topological polar surface area (TPSA) is 102 Å². The van der Waals surface area contributed by atoms with E-state index in [-0.39, 0.29) is 30.2 Å². The summed E-state index contributed by atoms with van der Waals surface area (Å²) in [4.78, 5) is 38.7. The van der Waals surface area contributed by atoms with Crippen LogP contribution in [0.1, 0.15) is 36.6 Å². The number of aliphatic hydroxyl groups is 1. The van der Waals surface area contributed by atoms with Crippen molar-refractivity contribution in [3.8, 4) is 11.5 Å². The second kappa shape index (κ2) is 10.3. The van der Waals surface area contributed by atoms with E-state index in [0.29, 0.717) is 23.5 Å². The first-order valence-corrected chi connectivity index (χ1v) is 10.6. The van der Waals surface area contributed by atoms with Gasteiger partial charge in [0, 0.05) is 26.1 Å². The van der Waals surface area contributed by atoms with Gasteiger partial charge in [0.25, 0.3) is 11.7 Å². The molecule has 174 valence electrons. The molecular weight excluding hydrogens is 426 g/mol. The number of carbonyl (C=O) groups excluding carboxylic acids is 3. The summed E-state index contributed by atoms with van der Waals surface area (Å²) in [5.41, 5.74) is 1.65. The van der Waals surface area contributed by atoms with Crippen molar-refractivity contribution in [1.82, 2.24) is 4.90 Å². The number of ether oxygens (including phenoxy) is 3. The van der Waals surface area contributed by atoms with E-state index < -0.39 is 23.7 Å². The smallest absolute Gasteiger partial charge is 0.308 e. The number of hydrogen-bond acceptors (Lipinski definition) is 7. The van der Waals surface area contributed by atoms with Crippen LogP contribution in [0.15, 0.2) is 48.0 Å². The molecule has 2 aromatic rings. The fraction of sp³-hybridized carbons (Fsp3) is 0.320. The SMILES string of the molecule is CCOc1ccc(/C(O)=C2\C(=O)C(=O)N(CCOC)C2c2cccc(OC(C)=O)c2)cc1C. The molecule has 1 aliphatic heterocycles. The van der Waals surface area contributed by atoms with Gasteiger partial charge in [-0.15, -0.1) is 0 Å². The highest BCUT2D eigenvalue weighted by Crippen LogP contribution is 2.40. The van der Waals surface area contributed by atoms with Crippen molar-refractivity contribution >= 4 is 23.4 Å². The molecular formula is C25H27NO7. The third-order valence-corrected chi connectivity index (χ3v) is 5.26. The molecule has 1 aliphatic rings. The number of aliphatic hydroxyl groups excluding tert-OH is 1. The molecule has 33 heavy (non-hydrogen) atoms. The fourth-order valence-electron chi connectivity index (χ4n) is 3.83. The van der Waals surface area contributed by atoms with E-state index in [1.807, 2.05) is 13.8 Å². The van der Waals surface area contributed by atoms with Crippen molar-refractivity contribution in [2.24, 2.45) is 0 Å². The number of carbonyl (C=O) groups is 3. The van der Waals surface area contributed by atoms with Gasteiger partial charge in [0.2, 0.25) is 0 Å². The second-order valence-corrected chi connectivity index (χ2v) is 7.56. The highest BCUT2D eigenvalue weighted by molar-refractivity contribution is 6.46. The number of Topliss-reactive ketones (excluding diaryl/α,β-unsaturated/α-hetero) is 1. The molecule has 0 spiro atoms. The van der Waals surface area contributed by atoms with Crippen molar-refractivity contribution in [2.75, 3.05) is 26.9 Å². The van der Waals surface area contributed by atoms with E-state index in [1.165, 1.54) is 18.9 Å². The number of rotatable bonds is 8. The largest absolute Gasteiger partial charge is 0.507 e. The number of ketones is 1. The van der Waals surface area contributed by atoms with Gasteiger partial charge in [-0.2, -0.15) is 0 Å². The van der Waals surface area contributed by atoms with Gasteiger partial charge in [0.1, 0.15) is 17.3 Å². The summed E-state index contributed by atoms with van der Waals surface area (Å²) in [7, 11) is 1.50.